The van der Waals surface area contributed by atoms with Gasteiger partial charge in [0.05, 0.1) is 17.0 Å². The summed E-state index contributed by atoms with van der Waals surface area (Å²) in [7, 11) is 0. The average molecular weight is 349 g/mol. The molecule has 0 aliphatic carbocycles. The first-order valence-corrected chi connectivity index (χ1v) is 9.08. The van der Waals surface area contributed by atoms with Gasteiger partial charge in [-0.05, 0) is 13.3 Å². The Morgan fingerprint density at radius 1 is 1.15 bits per heavy atom. The molecule has 4 heterocycles. The van der Waals surface area contributed by atoms with Gasteiger partial charge in [-0.25, -0.2) is 19.9 Å². The van der Waals surface area contributed by atoms with Crippen LogP contribution in [0, 0.1) is 6.92 Å². The molecule has 0 bridgehead atoms. The van der Waals surface area contributed by atoms with Crippen LogP contribution in [0.3, 0.4) is 0 Å². The Labute approximate surface area is 153 Å². The fourth-order valence-corrected chi connectivity index (χ4v) is 3.36. The predicted molar refractivity (Wildman–Crippen MR) is 98.1 cm³/mol. The lowest BCUT2D eigenvalue weighted by atomic mass is 10.1. The number of rotatable bonds is 5. The van der Waals surface area contributed by atoms with Crippen molar-refractivity contribution in [3.8, 4) is 11.4 Å². The molecule has 0 amide bonds. The lowest BCUT2D eigenvalue weighted by Gasteiger charge is -2.27. The lowest BCUT2D eigenvalue weighted by molar-refractivity contribution is 0.242. The summed E-state index contributed by atoms with van der Waals surface area (Å²) in [4.78, 5) is 19.8. The van der Waals surface area contributed by atoms with Gasteiger partial charge in [-0.2, -0.15) is 5.10 Å². The molecule has 3 aromatic rings. The maximum atomic E-state index is 4.74. The average Bonchev–Trinajstić information content (AvgIpc) is 3.01. The highest BCUT2D eigenvalue weighted by atomic mass is 15.3. The van der Waals surface area contributed by atoms with Crippen molar-refractivity contribution in [1.82, 2.24) is 34.6 Å². The molecule has 4 rings (SSSR count). The zero-order chi connectivity index (χ0) is 17.9. The van der Waals surface area contributed by atoms with E-state index in [9.17, 15) is 0 Å². The smallest absolute Gasteiger partial charge is 0.162 e. The fraction of sp³-hybridized carbons (Fsp3) is 0.421. The van der Waals surface area contributed by atoms with Gasteiger partial charge in [0.2, 0.25) is 0 Å². The molecular formula is C19H23N7. The Morgan fingerprint density at radius 2 is 2.00 bits per heavy atom. The van der Waals surface area contributed by atoms with Gasteiger partial charge in [0.1, 0.15) is 6.33 Å². The van der Waals surface area contributed by atoms with Crippen molar-refractivity contribution < 1.29 is 0 Å². The van der Waals surface area contributed by atoms with Crippen molar-refractivity contribution in [2.75, 3.05) is 6.54 Å². The molecule has 1 aliphatic heterocycles. The van der Waals surface area contributed by atoms with Crippen molar-refractivity contribution >= 4 is 0 Å². The Hall–Kier alpha value is -2.67. The maximum Gasteiger partial charge on any atom is 0.162 e. The molecule has 0 fully saturated rings. The van der Waals surface area contributed by atoms with E-state index in [0.29, 0.717) is 5.82 Å². The highest BCUT2D eigenvalue weighted by molar-refractivity contribution is 5.52. The molecule has 0 unspecified atom stereocenters. The second-order valence-electron chi connectivity index (χ2n) is 6.76. The summed E-state index contributed by atoms with van der Waals surface area (Å²) in [6.07, 6.45) is 11.2. The normalized spacial score (nSPS) is 14.4. The molecule has 0 saturated carbocycles. The second-order valence-corrected chi connectivity index (χ2v) is 6.76. The largest absolute Gasteiger partial charge is 0.294 e. The third kappa shape index (κ3) is 3.48. The minimum absolute atomic E-state index is 0.703. The molecular weight excluding hydrogens is 326 g/mol. The summed E-state index contributed by atoms with van der Waals surface area (Å²) in [5.74, 6) is 0.703. The quantitative estimate of drug-likeness (QED) is 0.704. The number of aryl methyl sites for hydroxylation is 2. The van der Waals surface area contributed by atoms with E-state index in [2.05, 4.69) is 49.7 Å². The molecule has 0 radical (unpaired) electrons. The van der Waals surface area contributed by atoms with Crippen LogP contribution in [0.15, 0.2) is 31.1 Å². The summed E-state index contributed by atoms with van der Waals surface area (Å²) in [6, 6.07) is 0. The van der Waals surface area contributed by atoms with Crippen LogP contribution >= 0.6 is 0 Å². The Morgan fingerprint density at radius 3 is 2.81 bits per heavy atom. The summed E-state index contributed by atoms with van der Waals surface area (Å²) >= 11 is 0. The first kappa shape index (κ1) is 16.8. The zero-order valence-corrected chi connectivity index (χ0v) is 15.3. The van der Waals surface area contributed by atoms with E-state index < -0.39 is 0 Å². The predicted octanol–water partition coefficient (Wildman–Crippen LogP) is 2.41. The number of aromatic nitrogens is 6. The van der Waals surface area contributed by atoms with E-state index in [1.165, 1.54) is 17.5 Å². The molecule has 0 spiro atoms. The van der Waals surface area contributed by atoms with Crippen molar-refractivity contribution in [2.45, 2.75) is 46.3 Å². The van der Waals surface area contributed by atoms with Crippen molar-refractivity contribution in [3.05, 3.63) is 53.6 Å². The van der Waals surface area contributed by atoms with E-state index in [-0.39, 0.29) is 0 Å². The SMILES string of the molecule is CCCn1cc(CN2CCc3nc(-c4cncnc4)ncc3C2)c(C)n1. The van der Waals surface area contributed by atoms with Crippen LogP contribution in [-0.2, 0) is 26.1 Å². The standard InChI is InChI=1S/C19H23N7/c1-3-5-26-12-17(14(2)24-26)11-25-6-4-18-16(10-25)9-22-19(23-18)15-7-20-13-21-8-15/h7-9,12-13H,3-6,10-11H2,1-2H3. The molecule has 0 N–H and O–H groups in total. The number of fused-ring (bicyclic) bond motifs is 1. The molecule has 134 valence electrons. The summed E-state index contributed by atoms with van der Waals surface area (Å²) in [6.45, 7) is 8.03. The number of hydrogen-bond acceptors (Lipinski definition) is 6. The van der Waals surface area contributed by atoms with E-state index in [1.807, 2.05) is 6.20 Å². The van der Waals surface area contributed by atoms with Crippen molar-refractivity contribution in [3.63, 3.8) is 0 Å². The van der Waals surface area contributed by atoms with Crippen LogP contribution in [0.1, 0.15) is 35.9 Å². The minimum Gasteiger partial charge on any atom is -0.294 e. The highest BCUT2D eigenvalue weighted by Crippen LogP contribution is 2.22. The van der Waals surface area contributed by atoms with Crippen LogP contribution in [0.25, 0.3) is 11.4 Å². The number of hydrogen-bond donors (Lipinski definition) is 0. The van der Waals surface area contributed by atoms with Crippen LogP contribution < -0.4 is 0 Å². The third-order valence-electron chi connectivity index (χ3n) is 4.73. The van der Waals surface area contributed by atoms with E-state index in [4.69, 9.17) is 4.98 Å². The van der Waals surface area contributed by atoms with Gasteiger partial charge >= 0.3 is 0 Å². The Kier molecular flexibility index (Phi) is 4.71. The molecule has 0 aromatic carbocycles. The Bertz CT molecular complexity index is 888. The highest BCUT2D eigenvalue weighted by Gasteiger charge is 2.20. The topological polar surface area (TPSA) is 72.6 Å². The molecule has 7 heteroatoms. The Balaban J connectivity index is 1.48. The fourth-order valence-electron chi connectivity index (χ4n) is 3.36. The van der Waals surface area contributed by atoms with Gasteiger partial charge in [0, 0.05) is 68.5 Å². The monoisotopic (exact) mass is 349 g/mol. The van der Waals surface area contributed by atoms with E-state index in [1.54, 1.807) is 12.4 Å². The minimum atomic E-state index is 0.703. The first-order valence-electron chi connectivity index (χ1n) is 9.08. The first-order chi connectivity index (χ1) is 12.7. The third-order valence-corrected chi connectivity index (χ3v) is 4.73. The molecule has 3 aromatic heterocycles. The van der Waals surface area contributed by atoms with Gasteiger partial charge in [0.25, 0.3) is 0 Å². The maximum absolute atomic E-state index is 4.74. The summed E-state index contributed by atoms with van der Waals surface area (Å²) in [5, 5.41) is 4.61. The van der Waals surface area contributed by atoms with Crippen LogP contribution in [-0.4, -0.2) is 41.2 Å². The van der Waals surface area contributed by atoms with Crippen molar-refractivity contribution in [2.24, 2.45) is 0 Å². The summed E-state index contributed by atoms with van der Waals surface area (Å²) in [5.41, 5.74) is 5.63. The van der Waals surface area contributed by atoms with Crippen molar-refractivity contribution in [1.29, 1.82) is 0 Å². The van der Waals surface area contributed by atoms with Gasteiger partial charge in [-0.1, -0.05) is 6.92 Å². The van der Waals surface area contributed by atoms with E-state index >= 15 is 0 Å². The molecule has 1 aliphatic rings. The number of nitrogens with zero attached hydrogens (tertiary/aromatic N) is 7. The van der Waals surface area contributed by atoms with Crippen LogP contribution in [0.5, 0.6) is 0 Å². The van der Waals surface area contributed by atoms with E-state index in [0.717, 1.165) is 56.0 Å². The van der Waals surface area contributed by atoms with Crippen LogP contribution in [0.4, 0.5) is 0 Å². The molecule has 0 saturated heterocycles. The zero-order valence-electron chi connectivity index (χ0n) is 15.3. The lowest BCUT2D eigenvalue weighted by Crippen LogP contribution is -2.31. The van der Waals surface area contributed by atoms with Gasteiger partial charge < -0.3 is 0 Å². The molecule has 26 heavy (non-hydrogen) atoms. The van der Waals surface area contributed by atoms with Gasteiger partial charge in [0.15, 0.2) is 5.82 Å². The summed E-state index contributed by atoms with van der Waals surface area (Å²) < 4.78 is 2.06. The van der Waals surface area contributed by atoms with Crippen LogP contribution in [0.2, 0.25) is 0 Å². The van der Waals surface area contributed by atoms with Gasteiger partial charge in [-0.15, -0.1) is 0 Å². The van der Waals surface area contributed by atoms with Gasteiger partial charge in [-0.3, -0.25) is 9.58 Å². The second kappa shape index (κ2) is 7.29. The molecule has 7 nitrogen and oxygen atoms in total. The molecule has 0 atom stereocenters.